The molecule has 89 heavy (non-hydrogen) atoms. The molecule has 0 saturated carbocycles. The van der Waals surface area contributed by atoms with Crippen LogP contribution >= 0.6 is 0 Å². The minimum Gasteiger partial charge on any atom is -0.306 e. The number of hydrogen-bond donors (Lipinski definition) is 0. The molecule has 0 aliphatic rings. The van der Waals surface area contributed by atoms with Crippen molar-refractivity contribution in [2.45, 2.75) is 13.8 Å². The standard InChI is InChI=1S/C82H55N7/c1-52-40-43-75-63(46-52)60-34-18-21-37-72(60)87(75)78-66(81-83-68(55-26-10-4-11-27-55)50-69(84-81)56-28-12-5-13-29-56)49-67(82-85-70(57-30-14-6-15-31-57)51-71(86-82)58-32-16-7-17-33-58)79(88-73-38-22-19-35-61(73)64-47-53(2)41-44-76(64)88)80(78)89-74-39-23-20-36-62(74)65-48-59(42-45-77(65)89)54-24-8-3-9-25-54/h3-51H,1-2H3. The molecular weight excluding hydrogens is 1080 g/mol. The summed E-state index contributed by atoms with van der Waals surface area (Å²) in [4.78, 5) is 23.3. The first-order valence-corrected chi connectivity index (χ1v) is 30.3. The number of benzene rings is 12. The van der Waals surface area contributed by atoms with Crippen LogP contribution in [0.5, 0.6) is 0 Å². The highest BCUT2D eigenvalue weighted by atomic mass is 15.1. The lowest BCUT2D eigenvalue weighted by atomic mass is 9.98. The van der Waals surface area contributed by atoms with E-state index < -0.39 is 0 Å². The fourth-order valence-corrected chi connectivity index (χ4v) is 13.5. The number of para-hydroxylation sites is 3. The fourth-order valence-electron chi connectivity index (χ4n) is 13.5. The summed E-state index contributed by atoms with van der Waals surface area (Å²) >= 11 is 0. The van der Waals surface area contributed by atoms with E-state index in [1.54, 1.807) is 0 Å². The first-order valence-electron chi connectivity index (χ1n) is 30.3. The molecule has 0 bridgehead atoms. The lowest BCUT2D eigenvalue weighted by Gasteiger charge is -2.27. The van der Waals surface area contributed by atoms with Crippen molar-refractivity contribution in [3.63, 3.8) is 0 Å². The van der Waals surface area contributed by atoms with Gasteiger partial charge in [-0.15, -0.1) is 0 Å². The van der Waals surface area contributed by atoms with E-state index in [-0.39, 0.29) is 0 Å². The molecule has 0 saturated heterocycles. The van der Waals surface area contributed by atoms with Crippen LogP contribution in [0.2, 0.25) is 0 Å². The highest BCUT2D eigenvalue weighted by molar-refractivity contribution is 6.16. The number of hydrogen-bond acceptors (Lipinski definition) is 4. The van der Waals surface area contributed by atoms with Crippen molar-refractivity contribution in [3.8, 4) is 96.0 Å². The van der Waals surface area contributed by atoms with Gasteiger partial charge < -0.3 is 13.7 Å². The molecule has 0 spiro atoms. The quantitative estimate of drug-likeness (QED) is 0.137. The lowest BCUT2D eigenvalue weighted by molar-refractivity contribution is 1.04. The molecule has 418 valence electrons. The summed E-state index contributed by atoms with van der Waals surface area (Å²) in [7, 11) is 0. The van der Waals surface area contributed by atoms with Crippen LogP contribution in [0.3, 0.4) is 0 Å². The van der Waals surface area contributed by atoms with Gasteiger partial charge in [0.2, 0.25) is 0 Å². The molecule has 7 heteroatoms. The van der Waals surface area contributed by atoms with Gasteiger partial charge in [0.05, 0.1) is 72.9 Å². The van der Waals surface area contributed by atoms with Gasteiger partial charge in [0.25, 0.3) is 0 Å². The monoisotopic (exact) mass is 1140 g/mol. The van der Waals surface area contributed by atoms with Gasteiger partial charge in [0, 0.05) is 65.7 Å². The molecule has 12 aromatic carbocycles. The Bertz CT molecular complexity index is 5230. The number of aryl methyl sites for hydroxylation is 2. The third kappa shape index (κ3) is 8.65. The van der Waals surface area contributed by atoms with Gasteiger partial charge in [0.15, 0.2) is 11.6 Å². The summed E-state index contributed by atoms with van der Waals surface area (Å²) in [5.74, 6) is 1.08. The van der Waals surface area contributed by atoms with E-state index in [0.29, 0.717) is 11.6 Å². The molecular formula is C82H55N7. The topological polar surface area (TPSA) is 66.3 Å². The van der Waals surface area contributed by atoms with Gasteiger partial charge in [0.1, 0.15) is 0 Å². The minimum atomic E-state index is 0.541. The second-order valence-electron chi connectivity index (χ2n) is 23.1. The van der Waals surface area contributed by atoms with Crippen molar-refractivity contribution in [2.75, 3.05) is 0 Å². The van der Waals surface area contributed by atoms with Gasteiger partial charge in [-0.3, -0.25) is 0 Å². The number of fused-ring (bicyclic) bond motifs is 9. The molecule has 0 atom stereocenters. The van der Waals surface area contributed by atoms with E-state index in [2.05, 4.69) is 325 Å². The Kier molecular flexibility index (Phi) is 12.2. The number of aromatic nitrogens is 7. The zero-order valence-corrected chi connectivity index (χ0v) is 48.9. The highest BCUT2D eigenvalue weighted by Gasteiger charge is 2.33. The van der Waals surface area contributed by atoms with Gasteiger partial charge >= 0.3 is 0 Å². The van der Waals surface area contributed by atoms with Crippen LogP contribution in [0.4, 0.5) is 0 Å². The average Bonchev–Trinajstić information content (AvgIpc) is 1.61. The summed E-state index contributed by atoms with van der Waals surface area (Å²) in [5.41, 5.74) is 22.1. The van der Waals surface area contributed by atoms with Crippen LogP contribution in [0, 0.1) is 13.8 Å². The van der Waals surface area contributed by atoms with Gasteiger partial charge in [-0.1, -0.05) is 236 Å². The zero-order valence-electron chi connectivity index (χ0n) is 48.9. The lowest BCUT2D eigenvalue weighted by Crippen LogP contribution is -2.14. The second kappa shape index (κ2) is 21.0. The maximum Gasteiger partial charge on any atom is 0.162 e. The van der Waals surface area contributed by atoms with Crippen molar-refractivity contribution >= 4 is 65.4 Å². The molecule has 17 rings (SSSR count). The van der Waals surface area contributed by atoms with Crippen molar-refractivity contribution in [1.29, 1.82) is 0 Å². The Hall–Kier alpha value is -11.8. The van der Waals surface area contributed by atoms with Crippen LogP contribution in [0.25, 0.3) is 161 Å². The van der Waals surface area contributed by atoms with Crippen molar-refractivity contribution in [1.82, 2.24) is 33.6 Å². The normalized spacial score (nSPS) is 11.7. The molecule has 17 aromatic rings. The van der Waals surface area contributed by atoms with E-state index in [9.17, 15) is 0 Å². The molecule has 0 aliphatic heterocycles. The molecule has 0 unspecified atom stereocenters. The Morgan fingerprint density at radius 2 is 0.506 bits per heavy atom. The SMILES string of the molecule is Cc1ccc2c(c1)c1ccccc1n2-c1c(-c2nc(-c3ccccc3)cc(-c3ccccc3)n2)cc(-c2nc(-c3ccccc3)cc(-c3ccccc3)n2)c(-n2c3ccccc3c3cc(C)ccc32)c1-n1c2ccccc2c2cc(-c3ccccc3)ccc21. The zero-order chi connectivity index (χ0) is 59.1. The van der Waals surface area contributed by atoms with Crippen LogP contribution in [0.1, 0.15) is 11.1 Å². The average molecular weight is 1140 g/mol. The van der Waals surface area contributed by atoms with Crippen LogP contribution in [0.15, 0.2) is 297 Å². The molecule has 0 N–H and O–H groups in total. The summed E-state index contributed by atoms with van der Waals surface area (Å²) in [6.07, 6.45) is 0. The van der Waals surface area contributed by atoms with Crippen molar-refractivity contribution in [2.24, 2.45) is 0 Å². The maximum absolute atomic E-state index is 5.82. The van der Waals surface area contributed by atoms with Crippen LogP contribution in [-0.2, 0) is 0 Å². The molecule has 0 radical (unpaired) electrons. The van der Waals surface area contributed by atoms with Crippen molar-refractivity contribution < 1.29 is 0 Å². The highest BCUT2D eigenvalue weighted by Crippen LogP contribution is 2.50. The molecule has 0 fully saturated rings. The molecule has 0 aliphatic carbocycles. The third-order valence-electron chi connectivity index (χ3n) is 17.6. The first-order chi connectivity index (χ1) is 44.0. The summed E-state index contributed by atoms with van der Waals surface area (Å²) < 4.78 is 7.52. The minimum absolute atomic E-state index is 0.541. The summed E-state index contributed by atoms with van der Waals surface area (Å²) in [6.45, 7) is 4.37. The Morgan fingerprint density at radius 1 is 0.213 bits per heavy atom. The molecule has 5 aromatic heterocycles. The Balaban J connectivity index is 1.16. The third-order valence-corrected chi connectivity index (χ3v) is 17.6. The molecule has 7 nitrogen and oxygen atoms in total. The van der Waals surface area contributed by atoms with Gasteiger partial charge in [-0.25, -0.2) is 19.9 Å². The van der Waals surface area contributed by atoms with E-state index in [0.717, 1.165) is 150 Å². The Labute approximate surface area is 514 Å². The van der Waals surface area contributed by atoms with Gasteiger partial charge in [-0.05, 0) is 97.8 Å². The van der Waals surface area contributed by atoms with Crippen LogP contribution < -0.4 is 0 Å². The number of rotatable bonds is 10. The maximum atomic E-state index is 5.82. The van der Waals surface area contributed by atoms with Crippen molar-refractivity contribution in [3.05, 3.63) is 308 Å². The predicted octanol–water partition coefficient (Wildman–Crippen LogP) is 20.8. The second-order valence-corrected chi connectivity index (χ2v) is 23.1. The van der Waals surface area contributed by atoms with Gasteiger partial charge in [-0.2, -0.15) is 0 Å². The summed E-state index contributed by atoms with van der Waals surface area (Å²) in [6, 6.07) is 106. The fraction of sp³-hybridized carbons (Fsp3) is 0.0244. The smallest absolute Gasteiger partial charge is 0.162 e. The molecule has 5 heterocycles. The largest absolute Gasteiger partial charge is 0.306 e. The van der Waals surface area contributed by atoms with E-state index in [1.807, 2.05) is 0 Å². The van der Waals surface area contributed by atoms with Crippen LogP contribution in [-0.4, -0.2) is 33.6 Å². The van der Waals surface area contributed by atoms with E-state index in [1.165, 1.54) is 11.1 Å². The van der Waals surface area contributed by atoms with E-state index >= 15 is 0 Å². The molecule has 0 amide bonds. The summed E-state index contributed by atoms with van der Waals surface area (Å²) in [5, 5.41) is 6.77. The number of nitrogens with zero attached hydrogens (tertiary/aromatic N) is 7. The Morgan fingerprint density at radius 3 is 0.876 bits per heavy atom. The van der Waals surface area contributed by atoms with E-state index in [4.69, 9.17) is 19.9 Å². The first kappa shape index (κ1) is 51.6. The predicted molar refractivity (Wildman–Crippen MR) is 368 cm³/mol.